The van der Waals surface area contributed by atoms with Crippen molar-refractivity contribution in [2.75, 3.05) is 6.61 Å². The molecular weight excluding hydrogens is 387 g/mol. The molecule has 1 aromatic carbocycles. The van der Waals surface area contributed by atoms with Gasteiger partial charge in [0.05, 0.1) is 15.9 Å². The Morgan fingerprint density at radius 3 is 2.55 bits per heavy atom. The molecule has 5 heteroatoms. The first-order chi connectivity index (χ1) is 9.69. The van der Waals surface area contributed by atoms with Crippen LogP contribution in [-0.4, -0.2) is 16.6 Å². The average Bonchev–Trinajstić information content (AvgIpc) is 3.27. The van der Waals surface area contributed by atoms with Crippen LogP contribution in [-0.2, 0) is 0 Å². The molecule has 20 heavy (non-hydrogen) atoms. The van der Waals surface area contributed by atoms with E-state index in [4.69, 9.17) is 21.3 Å². The van der Waals surface area contributed by atoms with Crippen LogP contribution in [0.4, 0.5) is 0 Å². The van der Waals surface area contributed by atoms with Gasteiger partial charge < -0.3 is 4.74 Å². The molecule has 0 aliphatic heterocycles. The van der Waals surface area contributed by atoms with Gasteiger partial charge >= 0.3 is 0 Å². The normalized spacial score (nSPS) is 14.3. The Hall–Kier alpha value is -0.880. The molecule has 3 nitrogen and oxygen atoms in total. The standard InChI is InChI=1S/C15H14ClIN2O/c1-2-20-11-7-5-10(6-8-11)15-18-13(9-3-4-9)12(17)14(16)19-15/h5-9H,2-4H2,1H3. The molecule has 0 saturated heterocycles. The van der Waals surface area contributed by atoms with E-state index in [0.717, 1.165) is 20.6 Å². The molecule has 0 atom stereocenters. The largest absolute Gasteiger partial charge is 0.494 e. The Balaban J connectivity index is 1.96. The molecule has 0 radical (unpaired) electrons. The maximum absolute atomic E-state index is 6.24. The summed E-state index contributed by atoms with van der Waals surface area (Å²) in [6.07, 6.45) is 2.40. The van der Waals surface area contributed by atoms with Gasteiger partial charge in [-0.1, -0.05) is 11.6 Å². The third kappa shape index (κ3) is 2.91. The molecule has 0 amide bonds. The fourth-order valence-electron chi connectivity index (χ4n) is 2.06. The van der Waals surface area contributed by atoms with Crippen molar-refractivity contribution in [1.29, 1.82) is 0 Å². The minimum atomic E-state index is 0.548. The SMILES string of the molecule is CCOc1ccc(-c2nc(Cl)c(I)c(C3CC3)n2)cc1. The van der Waals surface area contributed by atoms with Crippen molar-refractivity contribution in [2.24, 2.45) is 0 Å². The van der Waals surface area contributed by atoms with Gasteiger partial charge in [0.15, 0.2) is 5.82 Å². The Kier molecular flexibility index (Phi) is 4.12. The van der Waals surface area contributed by atoms with Crippen LogP contribution in [0.15, 0.2) is 24.3 Å². The predicted octanol–water partition coefficient (Wildman–Crippen LogP) is 4.68. The van der Waals surface area contributed by atoms with Crippen LogP contribution in [0.1, 0.15) is 31.4 Å². The second-order valence-corrected chi connectivity index (χ2v) is 6.21. The summed E-state index contributed by atoms with van der Waals surface area (Å²) < 4.78 is 6.43. The molecule has 1 aromatic heterocycles. The first-order valence-electron chi connectivity index (χ1n) is 6.65. The predicted molar refractivity (Wildman–Crippen MR) is 88.3 cm³/mol. The van der Waals surface area contributed by atoms with Gasteiger partial charge in [0.2, 0.25) is 0 Å². The summed E-state index contributed by atoms with van der Waals surface area (Å²) in [5.41, 5.74) is 2.06. The number of ether oxygens (including phenoxy) is 1. The van der Waals surface area contributed by atoms with Gasteiger partial charge in [-0.15, -0.1) is 0 Å². The third-order valence-corrected chi connectivity index (χ3v) is 4.88. The van der Waals surface area contributed by atoms with Crippen molar-refractivity contribution < 1.29 is 4.74 Å². The van der Waals surface area contributed by atoms with Gasteiger partial charge in [-0.05, 0) is 66.6 Å². The van der Waals surface area contributed by atoms with E-state index >= 15 is 0 Å². The van der Waals surface area contributed by atoms with Crippen LogP contribution < -0.4 is 4.74 Å². The van der Waals surface area contributed by atoms with Crippen LogP contribution in [0.25, 0.3) is 11.4 Å². The van der Waals surface area contributed by atoms with Crippen LogP contribution >= 0.6 is 34.2 Å². The second kappa shape index (κ2) is 5.85. The highest BCUT2D eigenvalue weighted by Gasteiger charge is 2.29. The fourth-order valence-corrected chi connectivity index (χ4v) is 2.92. The van der Waals surface area contributed by atoms with Crippen LogP contribution in [0.2, 0.25) is 5.15 Å². The molecule has 1 saturated carbocycles. The first-order valence-corrected chi connectivity index (χ1v) is 8.11. The molecule has 0 N–H and O–H groups in total. The van der Waals surface area contributed by atoms with E-state index in [0.29, 0.717) is 23.5 Å². The van der Waals surface area contributed by atoms with Crippen molar-refractivity contribution in [3.05, 3.63) is 38.7 Å². The van der Waals surface area contributed by atoms with Crippen molar-refractivity contribution in [2.45, 2.75) is 25.7 Å². The summed E-state index contributed by atoms with van der Waals surface area (Å²) in [5.74, 6) is 2.11. The van der Waals surface area contributed by atoms with E-state index < -0.39 is 0 Å². The quantitative estimate of drug-likeness (QED) is 0.552. The van der Waals surface area contributed by atoms with Crippen LogP contribution in [0.3, 0.4) is 0 Å². The minimum Gasteiger partial charge on any atom is -0.494 e. The topological polar surface area (TPSA) is 35.0 Å². The maximum atomic E-state index is 6.24. The first kappa shape index (κ1) is 14.1. The Morgan fingerprint density at radius 1 is 1.25 bits per heavy atom. The number of hydrogen-bond donors (Lipinski definition) is 0. The summed E-state index contributed by atoms with van der Waals surface area (Å²) in [6, 6.07) is 7.82. The number of benzene rings is 1. The molecule has 0 unspecified atom stereocenters. The molecule has 3 rings (SSSR count). The van der Waals surface area contributed by atoms with Crippen molar-refractivity contribution in [1.82, 2.24) is 9.97 Å². The highest BCUT2D eigenvalue weighted by atomic mass is 127. The lowest BCUT2D eigenvalue weighted by Crippen LogP contribution is -1.99. The molecule has 1 heterocycles. The summed E-state index contributed by atoms with van der Waals surface area (Å²) in [6.45, 7) is 2.63. The zero-order valence-electron chi connectivity index (χ0n) is 11.1. The number of hydrogen-bond acceptors (Lipinski definition) is 3. The van der Waals surface area contributed by atoms with E-state index in [1.54, 1.807) is 0 Å². The van der Waals surface area contributed by atoms with Crippen molar-refractivity contribution >= 4 is 34.2 Å². The lowest BCUT2D eigenvalue weighted by molar-refractivity contribution is 0.340. The number of aromatic nitrogens is 2. The fraction of sp³-hybridized carbons (Fsp3) is 0.333. The number of rotatable bonds is 4. The van der Waals surface area contributed by atoms with Gasteiger partial charge in [0.25, 0.3) is 0 Å². The van der Waals surface area contributed by atoms with Gasteiger partial charge in [-0.3, -0.25) is 0 Å². The second-order valence-electron chi connectivity index (χ2n) is 4.77. The van der Waals surface area contributed by atoms with E-state index in [2.05, 4.69) is 27.6 Å². The van der Waals surface area contributed by atoms with E-state index in [1.807, 2.05) is 31.2 Å². The van der Waals surface area contributed by atoms with Crippen molar-refractivity contribution in [3.8, 4) is 17.1 Å². The zero-order chi connectivity index (χ0) is 14.1. The Labute approximate surface area is 136 Å². The lowest BCUT2D eigenvalue weighted by Gasteiger charge is -2.08. The highest BCUT2D eigenvalue weighted by molar-refractivity contribution is 14.1. The van der Waals surface area contributed by atoms with Gasteiger partial charge in [0.1, 0.15) is 10.9 Å². The molecule has 1 fully saturated rings. The highest BCUT2D eigenvalue weighted by Crippen LogP contribution is 2.42. The van der Waals surface area contributed by atoms with Gasteiger partial charge in [-0.25, -0.2) is 9.97 Å². The molecule has 104 valence electrons. The minimum absolute atomic E-state index is 0.548. The number of nitrogens with zero attached hydrogens (tertiary/aromatic N) is 2. The van der Waals surface area contributed by atoms with Crippen LogP contribution in [0.5, 0.6) is 5.75 Å². The van der Waals surface area contributed by atoms with Gasteiger partial charge in [-0.2, -0.15) is 0 Å². The van der Waals surface area contributed by atoms with E-state index in [9.17, 15) is 0 Å². The maximum Gasteiger partial charge on any atom is 0.161 e. The molecule has 1 aliphatic rings. The smallest absolute Gasteiger partial charge is 0.161 e. The molecule has 2 aromatic rings. The lowest BCUT2D eigenvalue weighted by atomic mass is 10.2. The third-order valence-electron chi connectivity index (χ3n) is 3.22. The monoisotopic (exact) mass is 400 g/mol. The van der Waals surface area contributed by atoms with E-state index in [-0.39, 0.29) is 0 Å². The molecule has 0 spiro atoms. The summed E-state index contributed by atoms with van der Waals surface area (Å²) in [4.78, 5) is 9.09. The molecule has 0 bridgehead atoms. The summed E-state index contributed by atoms with van der Waals surface area (Å²) in [5, 5.41) is 0.548. The summed E-state index contributed by atoms with van der Waals surface area (Å²) in [7, 11) is 0. The van der Waals surface area contributed by atoms with Gasteiger partial charge in [0, 0.05) is 11.5 Å². The van der Waals surface area contributed by atoms with Crippen molar-refractivity contribution in [3.63, 3.8) is 0 Å². The van der Waals surface area contributed by atoms with Crippen LogP contribution in [0, 0.1) is 3.57 Å². The Bertz CT molecular complexity index is 627. The van der Waals surface area contributed by atoms with E-state index in [1.165, 1.54) is 12.8 Å². The Morgan fingerprint density at radius 2 is 1.95 bits per heavy atom. The number of halogens is 2. The zero-order valence-corrected chi connectivity index (χ0v) is 14.0. The molecular formula is C15H14ClIN2O. The summed E-state index contributed by atoms with van der Waals surface area (Å²) >= 11 is 8.47. The molecule has 1 aliphatic carbocycles. The average molecular weight is 401 g/mol.